The third kappa shape index (κ3) is 4.66. The minimum absolute atomic E-state index is 0.00908. The van der Waals surface area contributed by atoms with Gasteiger partial charge in [-0.05, 0) is 25.8 Å². The maximum absolute atomic E-state index is 12.0. The van der Waals surface area contributed by atoms with Crippen LogP contribution in [0.25, 0.3) is 0 Å². The highest BCUT2D eigenvalue weighted by Gasteiger charge is 2.29. The molecule has 0 spiro atoms. The van der Waals surface area contributed by atoms with Crippen molar-refractivity contribution in [3.05, 3.63) is 41.5 Å². The van der Waals surface area contributed by atoms with E-state index in [9.17, 15) is 4.79 Å². The summed E-state index contributed by atoms with van der Waals surface area (Å²) in [5.74, 6) is 2.18. The van der Waals surface area contributed by atoms with Gasteiger partial charge in [0, 0.05) is 31.5 Å². The van der Waals surface area contributed by atoms with Gasteiger partial charge in [-0.2, -0.15) is 0 Å². The van der Waals surface area contributed by atoms with E-state index in [1.54, 1.807) is 17.8 Å². The molecule has 7 heteroatoms. The van der Waals surface area contributed by atoms with Crippen LogP contribution < -0.4 is 16.0 Å². The summed E-state index contributed by atoms with van der Waals surface area (Å²) >= 11 is 1.57. The molecule has 0 bridgehead atoms. The minimum Gasteiger partial charge on any atom is -0.383 e. The van der Waals surface area contributed by atoms with Gasteiger partial charge in [0.05, 0.1) is 5.92 Å². The molecule has 1 aromatic heterocycles. The van der Waals surface area contributed by atoms with Crippen molar-refractivity contribution in [2.24, 2.45) is 5.92 Å². The Morgan fingerprint density at radius 1 is 1.35 bits per heavy atom. The van der Waals surface area contributed by atoms with Gasteiger partial charge in [0.15, 0.2) is 5.16 Å². The van der Waals surface area contributed by atoms with Crippen LogP contribution in [-0.4, -0.2) is 35.5 Å². The first-order chi connectivity index (χ1) is 12.5. The fourth-order valence-electron chi connectivity index (χ4n) is 2.99. The van der Waals surface area contributed by atoms with Gasteiger partial charge in [-0.25, -0.2) is 9.97 Å². The van der Waals surface area contributed by atoms with Crippen LogP contribution in [0.3, 0.4) is 0 Å². The summed E-state index contributed by atoms with van der Waals surface area (Å²) in [6.07, 6.45) is 0.835. The van der Waals surface area contributed by atoms with Gasteiger partial charge in [0.1, 0.15) is 11.6 Å². The number of anilines is 2. The second-order valence-electron chi connectivity index (χ2n) is 6.53. The van der Waals surface area contributed by atoms with Crippen molar-refractivity contribution in [3.8, 4) is 0 Å². The van der Waals surface area contributed by atoms with Gasteiger partial charge in [0.25, 0.3) is 0 Å². The molecule has 0 aliphatic carbocycles. The van der Waals surface area contributed by atoms with Gasteiger partial charge >= 0.3 is 0 Å². The Balaban J connectivity index is 1.66. The molecule has 1 aliphatic heterocycles. The third-order valence-corrected chi connectivity index (χ3v) is 5.35. The summed E-state index contributed by atoms with van der Waals surface area (Å²) in [5, 5.41) is 3.57. The van der Waals surface area contributed by atoms with E-state index < -0.39 is 0 Å². The fourth-order valence-corrected chi connectivity index (χ4v) is 3.81. The molecule has 2 aromatic rings. The smallest absolute Gasteiger partial charge is 0.224 e. The summed E-state index contributed by atoms with van der Waals surface area (Å²) < 4.78 is 0. The van der Waals surface area contributed by atoms with Crippen LogP contribution in [0.4, 0.5) is 11.6 Å². The maximum atomic E-state index is 12.0. The Kier molecular flexibility index (Phi) is 5.98. The number of rotatable bonds is 6. The average Bonchev–Trinajstić information content (AvgIpc) is 3.11. The number of nitrogens with one attached hydrogen (secondary N) is 1. The highest BCUT2D eigenvalue weighted by Crippen LogP contribution is 2.27. The lowest BCUT2D eigenvalue weighted by Gasteiger charge is -2.18. The number of nitrogens with two attached hydrogens (primary N) is 1. The van der Waals surface area contributed by atoms with Gasteiger partial charge in [-0.15, -0.1) is 0 Å². The lowest BCUT2D eigenvalue weighted by Crippen LogP contribution is -2.32. The van der Waals surface area contributed by atoms with E-state index in [-0.39, 0.29) is 11.8 Å². The zero-order valence-corrected chi connectivity index (χ0v) is 16.1. The number of amides is 1. The van der Waals surface area contributed by atoms with Crippen LogP contribution in [-0.2, 0) is 10.5 Å². The molecule has 1 saturated heterocycles. The Bertz CT molecular complexity index is 765. The van der Waals surface area contributed by atoms with Gasteiger partial charge in [0.2, 0.25) is 5.91 Å². The normalized spacial score (nSPS) is 16.7. The van der Waals surface area contributed by atoms with Crippen molar-refractivity contribution in [1.82, 2.24) is 15.3 Å². The monoisotopic (exact) mass is 371 g/mol. The SMILES string of the molecule is CCNC(=O)[C@@H]1CCN(c2cc(N)nc(SCc3ccc(C)cc3)n2)C1. The van der Waals surface area contributed by atoms with Crippen molar-refractivity contribution in [2.75, 3.05) is 30.3 Å². The fraction of sp³-hybridized carbons (Fsp3) is 0.421. The number of hydrogen-bond donors (Lipinski definition) is 2. The largest absolute Gasteiger partial charge is 0.383 e. The van der Waals surface area contributed by atoms with E-state index in [4.69, 9.17) is 5.73 Å². The van der Waals surface area contributed by atoms with E-state index in [2.05, 4.69) is 51.4 Å². The molecule has 1 aromatic carbocycles. The van der Waals surface area contributed by atoms with Crippen LogP contribution in [0, 0.1) is 12.8 Å². The highest BCUT2D eigenvalue weighted by atomic mass is 32.2. The number of nitrogen functional groups attached to an aromatic ring is 1. The first-order valence-corrected chi connectivity index (χ1v) is 9.89. The molecule has 0 radical (unpaired) electrons. The quantitative estimate of drug-likeness (QED) is 0.600. The van der Waals surface area contributed by atoms with Crippen LogP contribution in [0.5, 0.6) is 0 Å². The molecule has 1 aliphatic rings. The number of carbonyl (C=O) groups excluding carboxylic acids is 1. The summed E-state index contributed by atoms with van der Waals surface area (Å²) in [6, 6.07) is 10.2. The number of nitrogens with zero attached hydrogens (tertiary/aromatic N) is 3. The van der Waals surface area contributed by atoms with Crippen LogP contribution >= 0.6 is 11.8 Å². The van der Waals surface area contributed by atoms with E-state index in [0.717, 1.165) is 24.5 Å². The van der Waals surface area contributed by atoms with Crippen molar-refractivity contribution in [1.29, 1.82) is 0 Å². The van der Waals surface area contributed by atoms with Gasteiger partial charge in [-0.1, -0.05) is 41.6 Å². The van der Waals surface area contributed by atoms with Crippen molar-refractivity contribution in [2.45, 2.75) is 31.2 Å². The molecule has 0 saturated carbocycles. The Morgan fingerprint density at radius 3 is 2.85 bits per heavy atom. The topological polar surface area (TPSA) is 84.1 Å². The first kappa shape index (κ1) is 18.5. The number of carbonyl (C=O) groups is 1. The van der Waals surface area contributed by atoms with Gasteiger partial charge < -0.3 is 16.0 Å². The Morgan fingerprint density at radius 2 is 2.12 bits per heavy atom. The molecule has 2 heterocycles. The molecular weight excluding hydrogens is 346 g/mol. The molecule has 1 fully saturated rings. The average molecular weight is 372 g/mol. The lowest BCUT2D eigenvalue weighted by atomic mass is 10.1. The molecule has 1 amide bonds. The molecule has 26 heavy (non-hydrogen) atoms. The van der Waals surface area contributed by atoms with Crippen molar-refractivity contribution in [3.63, 3.8) is 0 Å². The van der Waals surface area contributed by atoms with Crippen LogP contribution in [0.2, 0.25) is 0 Å². The Labute approximate surface area is 158 Å². The Hall–Kier alpha value is -2.28. The molecule has 3 rings (SSSR count). The minimum atomic E-state index is 0.00908. The highest BCUT2D eigenvalue weighted by molar-refractivity contribution is 7.98. The number of hydrogen-bond acceptors (Lipinski definition) is 6. The maximum Gasteiger partial charge on any atom is 0.224 e. The predicted molar refractivity (Wildman–Crippen MR) is 106 cm³/mol. The molecule has 3 N–H and O–H groups in total. The van der Waals surface area contributed by atoms with Crippen LogP contribution in [0.15, 0.2) is 35.5 Å². The zero-order chi connectivity index (χ0) is 18.5. The summed E-state index contributed by atoms with van der Waals surface area (Å²) in [7, 11) is 0. The van der Waals surface area contributed by atoms with Crippen LogP contribution in [0.1, 0.15) is 24.5 Å². The van der Waals surface area contributed by atoms with Crippen molar-refractivity contribution >= 4 is 29.3 Å². The van der Waals surface area contributed by atoms with Gasteiger partial charge in [-0.3, -0.25) is 4.79 Å². The standard InChI is InChI=1S/C19H25N5OS/c1-3-21-18(25)15-8-9-24(11-15)17-10-16(20)22-19(23-17)26-12-14-6-4-13(2)5-7-14/h4-7,10,15H,3,8-9,11-12H2,1-2H3,(H,21,25)(H2,20,22,23)/t15-/m1/s1. The number of thioether (sulfide) groups is 1. The van der Waals surface area contributed by atoms with E-state index in [0.29, 0.717) is 24.1 Å². The number of benzene rings is 1. The lowest BCUT2D eigenvalue weighted by molar-refractivity contribution is -0.124. The molecular formula is C19H25N5OS. The zero-order valence-electron chi connectivity index (χ0n) is 15.2. The molecule has 1 atom stereocenters. The second-order valence-corrected chi connectivity index (χ2v) is 7.48. The molecule has 0 unspecified atom stereocenters. The first-order valence-electron chi connectivity index (χ1n) is 8.90. The summed E-state index contributed by atoms with van der Waals surface area (Å²) in [5.41, 5.74) is 8.46. The number of aromatic nitrogens is 2. The molecule has 6 nitrogen and oxygen atoms in total. The summed E-state index contributed by atoms with van der Waals surface area (Å²) in [6.45, 7) is 6.15. The van der Waals surface area contributed by atoms with Crippen molar-refractivity contribution < 1.29 is 4.79 Å². The molecule has 138 valence electrons. The number of aryl methyl sites for hydroxylation is 1. The van der Waals surface area contributed by atoms with E-state index in [1.807, 2.05) is 6.92 Å². The van der Waals surface area contributed by atoms with E-state index >= 15 is 0 Å². The third-order valence-electron chi connectivity index (χ3n) is 4.43. The van der Waals surface area contributed by atoms with E-state index in [1.165, 1.54) is 11.1 Å². The summed E-state index contributed by atoms with van der Waals surface area (Å²) in [4.78, 5) is 23.2. The predicted octanol–water partition coefficient (Wildman–Crippen LogP) is 2.62. The second kappa shape index (κ2) is 8.40.